The van der Waals surface area contributed by atoms with Gasteiger partial charge in [-0.05, 0) is 37.3 Å². The minimum Gasteiger partial charge on any atom is -0.321 e. The number of nitrogens with zero attached hydrogens (tertiary/aromatic N) is 3. The molecule has 0 fully saturated rings. The maximum Gasteiger partial charge on any atom is 0.269 e. The van der Waals surface area contributed by atoms with Gasteiger partial charge in [0.1, 0.15) is 0 Å². The van der Waals surface area contributed by atoms with Crippen LogP contribution < -0.4 is 5.43 Å². The normalized spacial score (nSPS) is 10.9. The van der Waals surface area contributed by atoms with Crippen LogP contribution in [-0.2, 0) is 4.79 Å². The zero-order valence-electron chi connectivity index (χ0n) is 15.1. The van der Waals surface area contributed by atoms with Crippen LogP contribution in [-0.4, -0.2) is 27.4 Å². The van der Waals surface area contributed by atoms with Crippen molar-refractivity contribution in [3.63, 3.8) is 0 Å². The van der Waals surface area contributed by atoms with Crippen LogP contribution in [0.25, 0.3) is 5.69 Å². The fourth-order valence-electron chi connectivity index (χ4n) is 2.56. The molecule has 0 saturated heterocycles. The lowest BCUT2D eigenvalue weighted by Gasteiger charge is -2.04. The molecule has 2 aromatic carbocycles. The summed E-state index contributed by atoms with van der Waals surface area (Å²) in [5.41, 5.74) is 5.52. The van der Waals surface area contributed by atoms with Gasteiger partial charge in [-0.3, -0.25) is 14.9 Å². The van der Waals surface area contributed by atoms with Gasteiger partial charge in [-0.25, -0.2) is 5.43 Å². The summed E-state index contributed by atoms with van der Waals surface area (Å²) in [6, 6.07) is 18.0. The van der Waals surface area contributed by atoms with Gasteiger partial charge in [-0.15, -0.1) is 11.8 Å². The first-order valence-corrected chi connectivity index (χ1v) is 9.45. The number of rotatable bonds is 7. The molecule has 0 aliphatic heterocycles. The van der Waals surface area contributed by atoms with E-state index in [1.54, 1.807) is 18.3 Å². The van der Waals surface area contributed by atoms with E-state index in [2.05, 4.69) is 10.5 Å². The summed E-state index contributed by atoms with van der Waals surface area (Å²) in [5.74, 6) is -0.0852. The van der Waals surface area contributed by atoms with Crippen molar-refractivity contribution in [3.8, 4) is 5.69 Å². The summed E-state index contributed by atoms with van der Waals surface area (Å²) in [6.45, 7) is 2.00. The Morgan fingerprint density at radius 2 is 1.93 bits per heavy atom. The number of amides is 1. The van der Waals surface area contributed by atoms with Crippen LogP contribution in [0.4, 0.5) is 5.69 Å². The molecule has 3 aromatic rings. The summed E-state index contributed by atoms with van der Waals surface area (Å²) in [7, 11) is 0. The number of hydrogen-bond acceptors (Lipinski definition) is 5. The third-order valence-electron chi connectivity index (χ3n) is 3.89. The van der Waals surface area contributed by atoms with Crippen molar-refractivity contribution in [2.45, 2.75) is 11.8 Å². The van der Waals surface area contributed by atoms with Gasteiger partial charge in [-0.2, -0.15) is 5.10 Å². The predicted molar refractivity (Wildman–Crippen MR) is 110 cm³/mol. The Bertz CT molecular complexity index is 998. The lowest BCUT2D eigenvalue weighted by atomic mass is 10.3. The van der Waals surface area contributed by atoms with E-state index < -0.39 is 4.92 Å². The number of hydrazone groups is 1. The number of para-hydroxylation sites is 1. The summed E-state index contributed by atoms with van der Waals surface area (Å²) in [5, 5.41) is 14.6. The highest BCUT2D eigenvalue weighted by Crippen LogP contribution is 2.21. The van der Waals surface area contributed by atoms with Crippen molar-refractivity contribution in [2.24, 2.45) is 5.10 Å². The number of nitro benzene ring substituents is 1. The van der Waals surface area contributed by atoms with Gasteiger partial charge in [-0.1, -0.05) is 18.2 Å². The van der Waals surface area contributed by atoms with E-state index in [4.69, 9.17) is 0 Å². The second-order valence-corrected chi connectivity index (χ2v) is 7.00. The monoisotopic (exact) mass is 394 g/mol. The zero-order valence-corrected chi connectivity index (χ0v) is 15.9. The highest BCUT2D eigenvalue weighted by atomic mass is 32.2. The maximum atomic E-state index is 11.9. The molecule has 0 atom stereocenters. The van der Waals surface area contributed by atoms with Crippen LogP contribution in [0.15, 0.2) is 76.9 Å². The van der Waals surface area contributed by atoms with E-state index in [1.165, 1.54) is 23.9 Å². The Labute approximate surface area is 166 Å². The molecule has 142 valence electrons. The second kappa shape index (κ2) is 9.01. The van der Waals surface area contributed by atoms with E-state index in [1.807, 2.05) is 54.1 Å². The fourth-order valence-corrected chi connectivity index (χ4v) is 3.25. The summed E-state index contributed by atoms with van der Waals surface area (Å²) >= 11 is 1.29. The molecule has 0 saturated carbocycles. The number of thioether (sulfide) groups is 1. The van der Waals surface area contributed by atoms with E-state index in [9.17, 15) is 14.9 Å². The number of non-ortho nitro benzene ring substituents is 1. The third kappa shape index (κ3) is 5.08. The number of aromatic nitrogens is 1. The molecule has 0 unspecified atom stereocenters. The lowest BCUT2D eigenvalue weighted by molar-refractivity contribution is -0.384. The number of hydrogen-bond donors (Lipinski definition) is 1. The summed E-state index contributed by atoms with van der Waals surface area (Å²) in [4.78, 5) is 22.9. The van der Waals surface area contributed by atoms with Crippen LogP contribution >= 0.6 is 11.8 Å². The first-order chi connectivity index (χ1) is 13.5. The van der Waals surface area contributed by atoms with Crippen LogP contribution in [0.3, 0.4) is 0 Å². The van der Waals surface area contributed by atoms with Crippen LogP contribution in [0.5, 0.6) is 0 Å². The molecule has 1 aromatic heterocycles. The number of nitrogens with one attached hydrogen (secondary N) is 1. The van der Waals surface area contributed by atoms with E-state index >= 15 is 0 Å². The standard InChI is InChI=1S/C20H18N4O3S/c1-15-11-16(13-23(15)17-5-3-2-4-6-17)12-21-22-20(25)14-28-19-9-7-18(8-10-19)24(26)27/h2-13H,14H2,1H3,(H,22,25)/b21-12-. The number of carbonyl (C=O) groups excluding carboxylic acids is 1. The molecule has 1 N–H and O–H groups in total. The molecular weight excluding hydrogens is 376 g/mol. The van der Waals surface area contributed by atoms with Gasteiger partial charge in [0, 0.05) is 40.2 Å². The fraction of sp³-hybridized carbons (Fsp3) is 0.100. The molecule has 0 radical (unpaired) electrons. The number of aryl methyl sites for hydroxylation is 1. The average molecular weight is 394 g/mol. The maximum absolute atomic E-state index is 11.9. The molecule has 8 heteroatoms. The van der Waals surface area contributed by atoms with Crippen LogP contribution in [0.1, 0.15) is 11.3 Å². The molecule has 7 nitrogen and oxygen atoms in total. The van der Waals surface area contributed by atoms with E-state index in [0.717, 1.165) is 21.8 Å². The molecule has 0 aliphatic rings. The van der Waals surface area contributed by atoms with E-state index in [-0.39, 0.29) is 17.3 Å². The molecule has 28 heavy (non-hydrogen) atoms. The first-order valence-electron chi connectivity index (χ1n) is 8.46. The number of carbonyl (C=O) groups is 1. The predicted octanol–water partition coefficient (Wildman–Crippen LogP) is 3.94. The van der Waals surface area contributed by atoms with Crippen LogP contribution in [0.2, 0.25) is 0 Å². The molecule has 0 aliphatic carbocycles. The zero-order chi connectivity index (χ0) is 19.9. The van der Waals surface area contributed by atoms with Crippen molar-refractivity contribution in [1.29, 1.82) is 0 Å². The van der Waals surface area contributed by atoms with Crippen molar-refractivity contribution in [1.82, 2.24) is 9.99 Å². The van der Waals surface area contributed by atoms with Crippen molar-refractivity contribution in [2.75, 3.05) is 5.75 Å². The topological polar surface area (TPSA) is 89.5 Å². The summed E-state index contributed by atoms with van der Waals surface area (Å²) in [6.07, 6.45) is 3.55. The minimum atomic E-state index is -0.456. The SMILES string of the molecule is Cc1cc(/C=N\NC(=O)CSc2ccc([N+](=O)[O-])cc2)cn1-c1ccccc1. The van der Waals surface area contributed by atoms with E-state index in [0.29, 0.717) is 0 Å². The van der Waals surface area contributed by atoms with Crippen LogP contribution in [0, 0.1) is 17.0 Å². The largest absolute Gasteiger partial charge is 0.321 e. The summed E-state index contributed by atoms with van der Waals surface area (Å²) < 4.78 is 2.05. The highest BCUT2D eigenvalue weighted by molar-refractivity contribution is 8.00. The Morgan fingerprint density at radius 3 is 2.61 bits per heavy atom. The smallest absolute Gasteiger partial charge is 0.269 e. The molecule has 1 amide bonds. The third-order valence-corrected chi connectivity index (χ3v) is 4.90. The minimum absolute atomic E-state index is 0.0242. The van der Waals surface area contributed by atoms with Crippen molar-refractivity contribution in [3.05, 3.63) is 88.2 Å². The van der Waals surface area contributed by atoms with Gasteiger partial charge >= 0.3 is 0 Å². The van der Waals surface area contributed by atoms with Gasteiger partial charge in [0.15, 0.2) is 0 Å². The van der Waals surface area contributed by atoms with Gasteiger partial charge in [0.05, 0.1) is 16.9 Å². The Hall–Kier alpha value is -3.39. The Balaban J connectivity index is 1.52. The molecular formula is C20H18N4O3S. The molecule has 3 rings (SSSR count). The quantitative estimate of drug-likeness (QED) is 0.284. The Kier molecular flexibility index (Phi) is 6.23. The van der Waals surface area contributed by atoms with Gasteiger partial charge in [0.2, 0.25) is 5.91 Å². The molecule has 0 spiro atoms. The Morgan fingerprint density at radius 1 is 1.21 bits per heavy atom. The van der Waals surface area contributed by atoms with Gasteiger partial charge in [0.25, 0.3) is 5.69 Å². The first kappa shape index (κ1) is 19.4. The average Bonchev–Trinajstić information content (AvgIpc) is 3.08. The lowest BCUT2D eigenvalue weighted by Crippen LogP contribution is -2.19. The second-order valence-electron chi connectivity index (χ2n) is 5.95. The van der Waals surface area contributed by atoms with Crippen molar-refractivity contribution >= 4 is 29.6 Å². The van der Waals surface area contributed by atoms with Gasteiger partial charge < -0.3 is 4.57 Å². The number of nitro groups is 1. The molecule has 1 heterocycles. The molecule has 0 bridgehead atoms. The van der Waals surface area contributed by atoms with Crippen molar-refractivity contribution < 1.29 is 9.72 Å². The number of benzene rings is 2. The highest BCUT2D eigenvalue weighted by Gasteiger charge is 2.06.